The molecule has 2 aromatic rings. The average molecular weight is 494 g/mol. The number of anilines is 1. The normalized spacial score (nSPS) is 30.8. The standard InChI is InChI=1S/C30H43NO3Si/c1-31(30-17-14-29(15-18-30,16-19-30)28(32)33-2)24-8-6-23-21-26(9-7-22(23)20-24)34-25-10-12-27(13-11-25)35(3,4)5/h6-9,20-21,25,27H,10-19H2,1-5H3/t25-,27-,29?,30?. The predicted molar refractivity (Wildman–Crippen MR) is 147 cm³/mol. The molecule has 4 fully saturated rings. The molecule has 2 bridgehead atoms. The van der Waals surface area contributed by atoms with Crippen LogP contribution in [0.5, 0.6) is 5.75 Å². The smallest absolute Gasteiger partial charge is 0.311 e. The van der Waals surface area contributed by atoms with Gasteiger partial charge in [0.05, 0.1) is 18.6 Å². The van der Waals surface area contributed by atoms with Crippen LogP contribution in [-0.4, -0.2) is 39.8 Å². The lowest BCUT2D eigenvalue weighted by molar-refractivity contribution is -0.159. The lowest BCUT2D eigenvalue weighted by Crippen LogP contribution is -2.57. The van der Waals surface area contributed by atoms with Crippen LogP contribution in [0.4, 0.5) is 5.69 Å². The molecule has 0 heterocycles. The third-order valence-corrected chi connectivity index (χ3v) is 12.9. The molecule has 4 saturated carbocycles. The molecule has 0 unspecified atom stereocenters. The molecular weight excluding hydrogens is 450 g/mol. The number of benzene rings is 2. The Hall–Kier alpha value is -2.01. The first-order valence-electron chi connectivity index (χ1n) is 13.7. The molecular formula is C30H43NO3Si. The fourth-order valence-electron chi connectivity index (χ4n) is 7.20. The minimum atomic E-state index is -1.04. The number of ether oxygens (including phenoxy) is 2. The summed E-state index contributed by atoms with van der Waals surface area (Å²) in [5.41, 5.74) is 2.13. The van der Waals surface area contributed by atoms with E-state index >= 15 is 0 Å². The van der Waals surface area contributed by atoms with E-state index in [1.807, 2.05) is 0 Å². The molecule has 4 aliphatic rings. The second kappa shape index (κ2) is 9.13. The van der Waals surface area contributed by atoms with Crippen LogP contribution < -0.4 is 9.64 Å². The Balaban J connectivity index is 1.26. The molecule has 4 aliphatic carbocycles. The molecule has 5 heteroatoms. The van der Waals surface area contributed by atoms with Gasteiger partial charge < -0.3 is 14.4 Å². The van der Waals surface area contributed by atoms with Crippen molar-refractivity contribution in [2.45, 2.75) is 101 Å². The van der Waals surface area contributed by atoms with Crippen LogP contribution in [0.15, 0.2) is 36.4 Å². The number of hydrogen-bond acceptors (Lipinski definition) is 4. The fourth-order valence-corrected chi connectivity index (χ4v) is 9.26. The summed E-state index contributed by atoms with van der Waals surface area (Å²) in [5, 5.41) is 2.50. The SMILES string of the molecule is COC(=O)C12CCC(N(C)c3ccc4cc(O[C@H]5CC[C@H]([Si](C)(C)C)CC5)ccc4c3)(CC1)CC2. The van der Waals surface area contributed by atoms with Gasteiger partial charge in [0.1, 0.15) is 5.75 Å². The monoisotopic (exact) mass is 493 g/mol. The molecule has 0 N–H and O–H groups in total. The van der Waals surface area contributed by atoms with E-state index in [9.17, 15) is 4.79 Å². The molecule has 2 aromatic carbocycles. The molecule has 0 saturated heterocycles. The summed E-state index contributed by atoms with van der Waals surface area (Å²) in [4.78, 5) is 14.9. The summed E-state index contributed by atoms with van der Waals surface area (Å²) in [7, 11) is 2.74. The lowest BCUT2D eigenvalue weighted by atomic mass is 9.56. The van der Waals surface area contributed by atoms with Crippen molar-refractivity contribution in [1.29, 1.82) is 0 Å². The highest BCUT2D eigenvalue weighted by atomic mass is 28.3. The second-order valence-corrected chi connectivity index (χ2v) is 18.3. The van der Waals surface area contributed by atoms with Crippen molar-refractivity contribution < 1.29 is 14.3 Å². The van der Waals surface area contributed by atoms with E-state index in [2.05, 4.69) is 68.0 Å². The predicted octanol–water partition coefficient (Wildman–Crippen LogP) is 7.57. The van der Waals surface area contributed by atoms with Gasteiger partial charge in [-0.05, 0) is 105 Å². The minimum Gasteiger partial charge on any atom is -0.490 e. The number of esters is 1. The largest absolute Gasteiger partial charge is 0.490 e. The van der Waals surface area contributed by atoms with E-state index in [-0.39, 0.29) is 16.9 Å². The highest BCUT2D eigenvalue weighted by Crippen LogP contribution is 2.55. The molecule has 0 radical (unpaired) electrons. The molecule has 0 aliphatic heterocycles. The summed E-state index contributed by atoms with van der Waals surface area (Å²) in [5.74, 6) is 1.01. The van der Waals surface area contributed by atoms with Crippen molar-refractivity contribution in [2.75, 3.05) is 19.1 Å². The second-order valence-electron chi connectivity index (χ2n) is 12.7. The molecule has 35 heavy (non-hydrogen) atoms. The molecule has 0 aromatic heterocycles. The third kappa shape index (κ3) is 4.61. The molecule has 6 rings (SSSR count). The quantitative estimate of drug-likeness (QED) is 0.307. The van der Waals surface area contributed by atoms with Crippen molar-refractivity contribution in [3.63, 3.8) is 0 Å². The molecule has 0 amide bonds. The Labute approximate surface area is 212 Å². The highest BCUT2D eigenvalue weighted by Gasteiger charge is 2.54. The highest BCUT2D eigenvalue weighted by molar-refractivity contribution is 6.77. The van der Waals surface area contributed by atoms with Gasteiger partial charge in [-0.15, -0.1) is 0 Å². The number of carbonyl (C=O) groups is 1. The van der Waals surface area contributed by atoms with Crippen LogP contribution in [0.25, 0.3) is 10.8 Å². The zero-order valence-electron chi connectivity index (χ0n) is 22.4. The van der Waals surface area contributed by atoms with Gasteiger partial charge in [-0.25, -0.2) is 0 Å². The van der Waals surface area contributed by atoms with Gasteiger partial charge in [0.25, 0.3) is 0 Å². The molecule has 190 valence electrons. The topological polar surface area (TPSA) is 38.8 Å². The average Bonchev–Trinajstić information content (AvgIpc) is 2.88. The third-order valence-electron chi connectivity index (χ3n) is 9.92. The van der Waals surface area contributed by atoms with Crippen molar-refractivity contribution in [1.82, 2.24) is 0 Å². The number of rotatable bonds is 6. The number of fused-ring (bicyclic) bond motifs is 4. The maximum atomic E-state index is 12.4. The van der Waals surface area contributed by atoms with Crippen LogP contribution >= 0.6 is 0 Å². The minimum absolute atomic E-state index is 0.00119. The Morgan fingerprint density at radius 3 is 2.09 bits per heavy atom. The van der Waals surface area contributed by atoms with E-state index in [4.69, 9.17) is 9.47 Å². The van der Waals surface area contributed by atoms with E-state index < -0.39 is 8.07 Å². The first-order valence-corrected chi connectivity index (χ1v) is 17.2. The van der Waals surface area contributed by atoms with E-state index in [1.165, 1.54) is 49.3 Å². The summed E-state index contributed by atoms with van der Waals surface area (Å²) in [6.07, 6.45) is 11.4. The Bertz CT molecular complexity index is 1060. The van der Waals surface area contributed by atoms with E-state index in [0.717, 1.165) is 49.8 Å². The Morgan fingerprint density at radius 2 is 1.49 bits per heavy atom. The van der Waals surface area contributed by atoms with Crippen LogP contribution in [0.3, 0.4) is 0 Å². The van der Waals surface area contributed by atoms with Gasteiger partial charge in [-0.2, -0.15) is 0 Å². The van der Waals surface area contributed by atoms with Crippen molar-refractivity contribution in [3.05, 3.63) is 36.4 Å². The first-order chi connectivity index (χ1) is 16.6. The van der Waals surface area contributed by atoms with Gasteiger partial charge in [-0.3, -0.25) is 4.79 Å². The van der Waals surface area contributed by atoms with Gasteiger partial charge in [0, 0.05) is 26.3 Å². The number of nitrogens with zero attached hydrogens (tertiary/aromatic N) is 1. The first kappa shape index (κ1) is 24.7. The molecule has 0 atom stereocenters. The lowest BCUT2D eigenvalue weighted by Gasteiger charge is -2.56. The van der Waals surface area contributed by atoms with Crippen LogP contribution in [0.1, 0.15) is 64.2 Å². The molecule has 4 nitrogen and oxygen atoms in total. The van der Waals surface area contributed by atoms with E-state index in [1.54, 1.807) is 0 Å². The summed E-state index contributed by atoms with van der Waals surface area (Å²) < 4.78 is 11.6. The maximum Gasteiger partial charge on any atom is 0.311 e. The number of hydrogen-bond donors (Lipinski definition) is 0. The van der Waals surface area contributed by atoms with Gasteiger partial charge in [0.2, 0.25) is 0 Å². The van der Waals surface area contributed by atoms with Crippen LogP contribution in [0.2, 0.25) is 25.2 Å². The van der Waals surface area contributed by atoms with Crippen molar-refractivity contribution in [2.24, 2.45) is 5.41 Å². The summed E-state index contributed by atoms with van der Waals surface area (Å²) in [6, 6.07) is 13.4. The number of methoxy groups -OCH3 is 1. The maximum absolute atomic E-state index is 12.4. The van der Waals surface area contributed by atoms with Crippen LogP contribution in [0, 0.1) is 5.41 Å². The van der Waals surface area contributed by atoms with Gasteiger partial charge in [-0.1, -0.05) is 31.8 Å². The van der Waals surface area contributed by atoms with Crippen LogP contribution in [-0.2, 0) is 9.53 Å². The van der Waals surface area contributed by atoms with Crippen molar-refractivity contribution in [3.8, 4) is 5.75 Å². The fraction of sp³-hybridized carbons (Fsp3) is 0.633. The Kier molecular flexibility index (Phi) is 6.44. The summed E-state index contributed by atoms with van der Waals surface area (Å²) in [6.45, 7) is 7.52. The van der Waals surface area contributed by atoms with Gasteiger partial charge >= 0.3 is 5.97 Å². The van der Waals surface area contributed by atoms with E-state index in [0.29, 0.717) is 6.10 Å². The summed E-state index contributed by atoms with van der Waals surface area (Å²) >= 11 is 0. The zero-order valence-corrected chi connectivity index (χ0v) is 23.4. The zero-order chi connectivity index (χ0) is 24.8. The van der Waals surface area contributed by atoms with Gasteiger partial charge in [0.15, 0.2) is 0 Å². The van der Waals surface area contributed by atoms with Crippen molar-refractivity contribution >= 4 is 30.5 Å². The Morgan fingerprint density at radius 1 is 0.886 bits per heavy atom. The molecule has 0 spiro atoms. The number of carbonyl (C=O) groups excluding carboxylic acids is 1.